The van der Waals surface area contributed by atoms with Crippen LogP contribution in [-0.4, -0.2) is 27.2 Å². The minimum atomic E-state index is -0.192. The van der Waals surface area contributed by atoms with Crippen molar-refractivity contribution in [2.24, 2.45) is 12.8 Å². The molecule has 1 aromatic carbocycles. The number of amides is 1. The summed E-state index contributed by atoms with van der Waals surface area (Å²) in [6.45, 7) is 2.50. The zero-order valence-corrected chi connectivity index (χ0v) is 12.1. The number of nitrogens with one attached hydrogen (secondary N) is 1. The lowest BCUT2D eigenvalue weighted by Gasteiger charge is -2.07. The molecule has 6 heteroatoms. The highest BCUT2D eigenvalue weighted by Crippen LogP contribution is 2.11. The third-order valence-corrected chi connectivity index (χ3v) is 2.96. The molecule has 6 nitrogen and oxygen atoms in total. The van der Waals surface area contributed by atoms with E-state index in [1.807, 2.05) is 32.2 Å². The zero-order chi connectivity index (χ0) is 15.2. The van der Waals surface area contributed by atoms with Crippen LogP contribution in [-0.2, 0) is 13.6 Å². The van der Waals surface area contributed by atoms with E-state index in [2.05, 4.69) is 27.4 Å². The van der Waals surface area contributed by atoms with E-state index in [4.69, 9.17) is 5.73 Å². The predicted octanol–water partition coefficient (Wildman–Crippen LogP) is 0.364. The van der Waals surface area contributed by atoms with Gasteiger partial charge in [0, 0.05) is 12.6 Å². The second-order valence-corrected chi connectivity index (χ2v) is 4.60. The summed E-state index contributed by atoms with van der Waals surface area (Å²) in [4.78, 5) is 12.3. The lowest BCUT2D eigenvalue weighted by Crippen LogP contribution is -2.25. The number of benzene rings is 1. The molecule has 0 aliphatic carbocycles. The molecule has 1 heterocycles. The first-order chi connectivity index (χ1) is 10.1. The first-order valence-corrected chi connectivity index (χ1v) is 6.52. The Balaban J connectivity index is 2.18. The Bertz CT molecular complexity index is 708. The summed E-state index contributed by atoms with van der Waals surface area (Å²) in [7, 11) is 1.83. The molecular formula is C15H17N5O. The molecule has 2 aromatic rings. The molecule has 0 spiro atoms. The summed E-state index contributed by atoms with van der Waals surface area (Å²) in [5.74, 6) is 6.18. The molecule has 0 saturated heterocycles. The van der Waals surface area contributed by atoms with Gasteiger partial charge in [0.25, 0.3) is 5.91 Å². The molecule has 1 aromatic heterocycles. The molecule has 0 bridgehead atoms. The van der Waals surface area contributed by atoms with Gasteiger partial charge in [0.1, 0.15) is 6.33 Å². The maximum atomic E-state index is 12.3. The number of nitrogens with zero attached hydrogens (tertiary/aromatic N) is 3. The van der Waals surface area contributed by atoms with Crippen LogP contribution in [0.4, 0.5) is 0 Å². The van der Waals surface area contributed by atoms with Crippen molar-refractivity contribution in [2.45, 2.75) is 13.5 Å². The molecule has 0 saturated carbocycles. The van der Waals surface area contributed by atoms with Crippen LogP contribution in [0, 0.1) is 18.8 Å². The molecule has 0 aliphatic rings. The Morgan fingerprint density at radius 1 is 1.48 bits per heavy atom. The van der Waals surface area contributed by atoms with Gasteiger partial charge in [-0.2, -0.15) is 0 Å². The molecule has 0 atom stereocenters. The largest absolute Gasteiger partial charge is 0.345 e. The molecule has 0 fully saturated rings. The van der Waals surface area contributed by atoms with Crippen LogP contribution in [0.25, 0.3) is 0 Å². The third-order valence-electron chi connectivity index (χ3n) is 2.96. The first kappa shape index (κ1) is 14.8. The van der Waals surface area contributed by atoms with Crippen molar-refractivity contribution in [3.05, 3.63) is 47.0 Å². The monoisotopic (exact) mass is 283 g/mol. The minimum absolute atomic E-state index is 0.192. The molecule has 1 amide bonds. The lowest BCUT2D eigenvalue weighted by molar-refractivity contribution is 0.0949. The zero-order valence-electron chi connectivity index (χ0n) is 12.1. The molecule has 108 valence electrons. The number of rotatable bonds is 3. The fourth-order valence-corrected chi connectivity index (χ4v) is 1.82. The maximum absolute atomic E-state index is 12.3. The average molecular weight is 283 g/mol. The Morgan fingerprint density at radius 2 is 2.29 bits per heavy atom. The Morgan fingerprint density at radius 3 is 2.95 bits per heavy atom. The Hall–Kier alpha value is -2.65. The highest BCUT2D eigenvalue weighted by molar-refractivity contribution is 5.96. The van der Waals surface area contributed by atoms with Crippen molar-refractivity contribution in [3.63, 3.8) is 0 Å². The number of hydrogen-bond acceptors (Lipinski definition) is 4. The molecular weight excluding hydrogens is 266 g/mol. The predicted molar refractivity (Wildman–Crippen MR) is 79.3 cm³/mol. The fourth-order valence-electron chi connectivity index (χ4n) is 1.82. The summed E-state index contributed by atoms with van der Waals surface area (Å²) >= 11 is 0. The van der Waals surface area contributed by atoms with Gasteiger partial charge in [-0.15, -0.1) is 10.2 Å². The standard InChI is InChI=1S/C15H17N5O/c1-11-5-6-12(4-3-7-16)13(8-11)15(21)17-9-14-19-18-10-20(14)2/h5-6,8,10H,7,9,16H2,1-2H3,(H,17,21). The summed E-state index contributed by atoms with van der Waals surface area (Å²) in [5, 5.41) is 10.5. The van der Waals surface area contributed by atoms with Crippen LogP contribution >= 0.6 is 0 Å². The van der Waals surface area contributed by atoms with Crippen molar-refractivity contribution in [1.29, 1.82) is 0 Å². The Labute approximate surface area is 123 Å². The average Bonchev–Trinajstić information content (AvgIpc) is 2.88. The summed E-state index contributed by atoms with van der Waals surface area (Å²) in [6.07, 6.45) is 1.59. The van der Waals surface area contributed by atoms with E-state index in [1.54, 1.807) is 10.9 Å². The number of nitrogens with two attached hydrogens (primary N) is 1. The van der Waals surface area contributed by atoms with Crippen LogP contribution in [0.2, 0.25) is 0 Å². The van der Waals surface area contributed by atoms with Crippen molar-refractivity contribution in [3.8, 4) is 11.8 Å². The molecule has 0 aliphatic heterocycles. The maximum Gasteiger partial charge on any atom is 0.252 e. The van der Waals surface area contributed by atoms with Crippen molar-refractivity contribution in [1.82, 2.24) is 20.1 Å². The fraction of sp³-hybridized carbons (Fsp3) is 0.267. The van der Waals surface area contributed by atoms with Gasteiger partial charge in [0.2, 0.25) is 0 Å². The topological polar surface area (TPSA) is 85.8 Å². The van der Waals surface area contributed by atoms with Gasteiger partial charge in [-0.1, -0.05) is 23.5 Å². The lowest BCUT2D eigenvalue weighted by atomic mass is 10.0. The van der Waals surface area contributed by atoms with Gasteiger partial charge < -0.3 is 15.6 Å². The number of carbonyl (C=O) groups is 1. The normalized spacial score (nSPS) is 9.86. The summed E-state index contributed by atoms with van der Waals surface area (Å²) < 4.78 is 1.76. The van der Waals surface area contributed by atoms with Crippen molar-refractivity contribution in [2.75, 3.05) is 6.54 Å². The molecule has 21 heavy (non-hydrogen) atoms. The van der Waals surface area contributed by atoms with Crippen LogP contribution in [0.1, 0.15) is 27.3 Å². The first-order valence-electron chi connectivity index (χ1n) is 6.52. The highest BCUT2D eigenvalue weighted by Gasteiger charge is 2.11. The molecule has 3 N–H and O–H groups in total. The van der Waals surface area contributed by atoms with Crippen molar-refractivity contribution < 1.29 is 4.79 Å². The van der Waals surface area contributed by atoms with Crippen LogP contribution in [0.3, 0.4) is 0 Å². The molecule has 2 rings (SSSR count). The van der Waals surface area contributed by atoms with E-state index in [9.17, 15) is 4.79 Å². The van der Waals surface area contributed by atoms with E-state index in [-0.39, 0.29) is 12.5 Å². The number of aromatic nitrogens is 3. The number of hydrogen-bond donors (Lipinski definition) is 2. The van der Waals surface area contributed by atoms with Crippen molar-refractivity contribution >= 4 is 5.91 Å². The van der Waals surface area contributed by atoms with Gasteiger partial charge in [-0.25, -0.2) is 0 Å². The summed E-state index contributed by atoms with van der Waals surface area (Å²) in [6, 6.07) is 5.56. The van der Waals surface area contributed by atoms with Gasteiger partial charge in [0.15, 0.2) is 5.82 Å². The van der Waals surface area contributed by atoms with Crippen LogP contribution in [0.15, 0.2) is 24.5 Å². The van der Waals surface area contributed by atoms with E-state index in [0.29, 0.717) is 23.5 Å². The van der Waals surface area contributed by atoms with Gasteiger partial charge in [0.05, 0.1) is 18.7 Å². The molecule has 0 unspecified atom stereocenters. The summed E-state index contributed by atoms with van der Waals surface area (Å²) in [5.41, 5.74) is 7.59. The second-order valence-electron chi connectivity index (χ2n) is 4.60. The van der Waals surface area contributed by atoms with E-state index in [1.165, 1.54) is 0 Å². The van der Waals surface area contributed by atoms with Gasteiger partial charge in [-0.3, -0.25) is 4.79 Å². The van der Waals surface area contributed by atoms with Gasteiger partial charge in [-0.05, 0) is 19.1 Å². The number of carbonyl (C=O) groups excluding carboxylic acids is 1. The Kier molecular flexibility index (Phi) is 4.69. The highest BCUT2D eigenvalue weighted by atomic mass is 16.1. The quantitative estimate of drug-likeness (QED) is 0.797. The third kappa shape index (κ3) is 3.68. The van der Waals surface area contributed by atoms with E-state index >= 15 is 0 Å². The molecule has 0 radical (unpaired) electrons. The van der Waals surface area contributed by atoms with E-state index < -0.39 is 0 Å². The second kappa shape index (κ2) is 6.68. The number of aryl methyl sites for hydroxylation is 2. The van der Waals surface area contributed by atoms with Gasteiger partial charge >= 0.3 is 0 Å². The van der Waals surface area contributed by atoms with E-state index in [0.717, 1.165) is 5.56 Å². The SMILES string of the molecule is Cc1ccc(C#CCN)c(C(=O)NCc2nncn2C)c1. The smallest absolute Gasteiger partial charge is 0.252 e. The van der Waals surface area contributed by atoms with Crippen LogP contribution < -0.4 is 11.1 Å². The van der Waals surface area contributed by atoms with Crippen LogP contribution in [0.5, 0.6) is 0 Å². The minimum Gasteiger partial charge on any atom is -0.345 e.